The van der Waals surface area contributed by atoms with Gasteiger partial charge in [-0.1, -0.05) is 11.8 Å². The van der Waals surface area contributed by atoms with Gasteiger partial charge in [0.25, 0.3) is 5.91 Å². The van der Waals surface area contributed by atoms with Crippen LogP contribution in [0.15, 0.2) is 9.47 Å². The van der Waals surface area contributed by atoms with Crippen molar-refractivity contribution in [3.05, 3.63) is 15.9 Å². The summed E-state index contributed by atoms with van der Waals surface area (Å²) >= 11 is 4.91. The van der Waals surface area contributed by atoms with Crippen molar-refractivity contribution in [2.24, 2.45) is 12.0 Å². The van der Waals surface area contributed by atoms with E-state index in [0.29, 0.717) is 10.9 Å². The summed E-state index contributed by atoms with van der Waals surface area (Å²) in [6.45, 7) is 2.67. The van der Waals surface area contributed by atoms with Crippen LogP contribution in [0, 0.1) is 6.92 Å². The minimum Gasteiger partial charge on any atom is -0.300 e. The van der Waals surface area contributed by atoms with Crippen LogP contribution in [0.2, 0.25) is 0 Å². The molecule has 0 unspecified atom stereocenters. The maximum atomic E-state index is 11.9. The molecule has 86 valence electrons. The molecule has 1 N–H and O–H groups in total. The number of aryl methyl sites for hydroxylation is 1. The molecule has 0 fully saturated rings. The lowest BCUT2D eigenvalue weighted by molar-refractivity contribution is 0.0971. The van der Waals surface area contributed by atoms with Crippen molar-refractivity contribution in [1.82, 2.24) is 15.1 Å². The maximum absolute atomic E-state index is 11.9. The van der Waals surface area contributed by atoms with Gasteiger partial charge in [0, 0.05) is 12.8 Å². The highest BCUT2D eigenvalue weighted by molar-refractivity contribution is 9.10. The second-order valence-corrected chi connectivity index (χ2v) is 5.24. The molecule has 0 radical (unpaired) electrons. The highest BCUT2D eigenvalue weighted by Gasteiger charge is 2.20. The first-order valence-corrected chi connectivity index (χ1v) is 6.55. The number of nitrogens with zero attached hydrogens (tertiary/aromatic N) is 3. The van der Waals surface area contributed by atoms with E-state index in [9.17, 15) is 4.79 Å². The first-order chi connectivity index (χ1) is 7.59. The van der Waals surface area contributed by atoms with E-state index in [1.165, 1.54) is 0 Å². The predicted molar refractivity (Wildman–Crippen MR) is 67.9 cm³/mol. The van der Waals surface area contributed by atoms with E-state index in [4.69, 9.17) is 0 Å². The fraction of sp³-hybridized carbons (Fsp3) is 0.444. The van der Waals surface area contributed by atoms with Gasteiger partial charge in [-0.2, -0.15) is 5.10 Å². The SMILES string of the molecule is Cc1c(Br)c(C(=O)NC2=NCCS2)nn1C. The third-order valence-corrected chi connectivity index (χ3v) is 4.12. The maximum Gasteiger partial charge on any atom is 0.278 e. The Morgan fingerprint density at radius 1 is 1.62 bits per heavy atom. The predicted octanol–water partition coefficient (Wildman–Crippen LogP) is 1.32. The van der Waals surface area contributed by atoms with Gasteiger partial charge >= 0.3 is 0 Å². The van der Waals surface area contributed by atoms with Crippen LogP contribution < -0.4 is 5.32 Å². The summed E-state index contributed by atoms with van der Waals surface area (Å²) in [5, 5.41) is 7.57. The number of aromatic nitrogens is 2. The summed E-state index contributed by atoms with van der Waals surface area (Å²) in [6.07, 6.45) is 0. The lowest BCUT2D eigenvalue weighted by Crippen LogP contribution is -2.28. The number of halogens is 1. The third kappa shape index (κ3) is 2.15. The van der Waals surface area contributed by atoms with Gasteiger partial charge in [0.15, 0.2) is 10.9 Å². The Bertz CT molecular complexity index is 468. The van der Waals surface area contributed by atoms with Crippen molar-refractivity contribution in [2.75, 3.05) is 12.3 Å². The minimum absolute atomic E-state index is 0.219. The van der Waals surface area contributed by atoms with Crippen LogP contribution in [0.3, 0.4) is 0 Å². The van der Waals surface area contributed by atoms with E-state index in [2.05, 4.69) is 31.3 Å². The van der Waals surface area contributed by atoms with Crippen molar-refractivity contribution < 1.29 is 4.79 Å². The van der Waals surface area contributed by atoms with Crippen LogP contribution in [0.1, 0.15) is 16.2 Å². The van der Waals surface area contributed by atoms with Gasteiger partial charge in [-0.15, -0.1) is 0 Å². The largest absolute Gasteiger partial charge is 0.300 e. The number of hydrogen-bond donors (Lipinski definition) is 1. The first-order valence-electron chi connectivity index (χ1n) is 4.77. The molecule has 0 saturated carbocycles. The highest BCUT2D eigenvalue weighted by Crippen LogP contribution is 2.20. The summed E-state index contributed by atoms with van der Waals surface area (Å²) in [7, 11) is 1.80. The monoisotopic (exact) mass is 302 g/mol. The van der Waals surface area contributed by atoms with Crippen molar-refractivity contribution in [3.8, 4) is 0 Å². The Hall–Kier alpha value is -0.820. The topological polar surface area (TPSA) is 59.3 Å². The Morgan fingerprint density at radius 2 is 2.38 bits per heavy atom. The van der Waals surface area contributed by atoms with Crippen LogP contribution in [0.4, 0.5) is 0 Å². The normalized spacial score (nSPS) is 15.1. The average Bonchev–Trinajstić information content (AvgIpc) is 2.83. The smallest absolute Gasteiger partial charge is 0.278 e. The zero-order chi connectivity index (χ0) is 11.7. The number of carbonyl (C=O) groups excluding carboxylic acids is 1. The molecule has 16 heavy (non-hydrogen) atoms. The molecule has 1 aromatic rings. The first kappa shape index (κ1) is 11.7. The molecule has 5 nitrogen and oxygen atoms in total. The Kier molecular flexibility index (Phi) is 3.34. The summed E-state index contributed by atoms with van der Waals surface area (Å²) in [5.74, 6) is 0.710. The van der Waals surface area contributed by atoms with Crippen molar-refractivity contribution in [1.29, 1.82) is 0 Å². The summed E-state index contributed by atoms with van der Waals surface area (Å²) in [6, 6.07) is 0. The van der Waals surface area contributed by atoms with Gasteiger partial charge in [-0.05, 0) is 22.9 Å². The molecule has 0 bridgehead atoms. The molecule has 2 rings (SSSR count). The highest BCUT2D eigenvalue weighted by atomic mass is 79.9. The molecule has 0 saturated heterocycles. The van der Waals surface area contributed by atoms with Crippen LogP contribution in [0.25, 0.3) is 0 Å². The molecule has 0 atom stereocenters. The second-order valence-electron chi connectivity index (χ2n) is 3.36. The van der Waals surface area contributed by atoms with Crippen molar-refractivity contribution in [3.63, 3.8) is 0 Å². The number of carbonyl (C=O) groups is 1. The molecule has 0 aromatic carbocycles. The van der Waals surface area contributed by atoms with E-state index in [0.717, 1.165) is 22.5 Å². The minimum atomic E-state index is -0.219. The quantitative estimate of drug-likeness (QED) is 0.851. The Balaban J connectivity index is 2.17. The Morgan fingerprint density at radius 3 is 2.88 bits per heavy atom. The zero-order valence-electron chi connectivity index (χ0n) is 8.95. The molecule has 1 aromatic heterocycles. The van der Waals surface area contributed by atoms with Gasteiger partial charge in [0.1, 0.15) is 0 Å². The average molecular weight is 303 g/mol. The van der Waals surface area contributed by atoms with Gasteiger partial charge in [-0.25, -0.2) is 0 Å². The molecule has 0 aliphatic carbocycles. The number of thioether (sulfide) groups is 1. The summed E-state index contributed by atoms with van der Waals surface area (Å²) in [5.41, 5.74) is 1.32. The molecule has 7 heteroatoms. The van der Waals surface area contributed by atoms with E-state index < -0.39 is 0 Å². The van der Waals surface area contributed by atoms with Crippen molar-refractivity contribution in [2.45, 2.75) is 6.92 Å². The number of amidine groups is 1. The van der Waals surface area contributed by atoms with E-state index in [1.807, 2.05) is 6.92 Å². The molecule has 1 amide bonds. The van der Waals surface area contributed by atoms with E-state index in [-0.39, 0.29) is 5.91 Å². The van der Waals surface area contributed by atoms with Crippen LogP contribution in [-0.4, -0.2) is 33.2 Å². The van der Waals surface area contributed by atoms with Crippen molar-refractivity contribution >= 4 is 38.8 Å². The zero-order valence-corrected chi connectivity index (χ0v) is 11.4. The fourth-order valence-electron chi connectivity index (χ4n) is 1.29. The number of nitrogens with one attached hydrogen (secondary N) is 1. The number of aliphatic imine (C=N–C) groups is 1. The third-order valence-electron chi connectivity index (χ3n) is 2.28. The molecule has 2 heterocycles. The lowest BCUT2D eigenvalue weighted by Gasteiger charge is -2.00. The number of amides is 1. The Labute approximate surface area is 106 Å². The summed E-state index contributed by atoms with van der Waals surface area (Å²) in [4.78, 5) is 16.0. The van der Waals surface area contributed by atoms with Gasteiger partial charge in [-0.3, -0.25) is 19.8 Å². The van der Waals surface area contributed by atoms with Gasteiger partial charge < -0.3 is 0 Å². The number of rotatable bonds is 1. The standard InChI is InChI=1S/C9H11BrN4OS/c1-5-6(10)7(13-14(5)2)8(15)12-9-11-3-4-16-9/h3-4H2,1-2H3,(H,11,12,15). The summed E-state index contributed by atoms with van der Waals surface area (Å²) < 4.78 is 2.40. The fourth-order valence-corrected chi connectivity index (χ4v) is 2.53. The molecular formula is C9H11BrN4OS. The van der Waals surface area contributed by atoms with Crippen LogP contribution >= 0.6 is 27.7 Å². The molecule has 1 aliphatic rings. The van der Waals surface area contributed by atoms with E-state index in [1.54, 1.807) is 23.5 Å². The molecular weight excluding hydrogens is 292 g/mol. The molecule has 1 aliphatic heterocycles. The second kappa shape index (κ2) is 4.58. The van der Waals surface area contributed by atoms with Gasteiger partial charge in [0.05, 0.1) is 16.7 Å². The van der Waals surface area contributed by atoms with Crippen LogP contribution in [-0.2, 0) is 7.05 Å². The molecule has 0 spiro atoms. The lowest BCUT2D eigenvalue weighted by atomic mass is 10.3. The number of hydrogen-bond acceptors (Lipinski definition) is 4. The van der Waals surface area contributed by atoms with Gasteiger partial charge in [0.2, 0.25) is 0 Å². The van der Waals surface area contributed by atoms with E-state index >= 15 is 0 Å². The van der Waals surface area contributed by atoms with Crippen LogP contribution in [0.5, 0.6) is 0 Å².